The number of carbonyl (C=O) groups excluding carboxylic acids is 1. The van der Waals surface area contributed by atoms with Crippen molar-refractivity contribution in [2.24, 2.45) is 11.7 Å². The maximum absolute atomic E-state index is 12.5. The molecular weight excluding hydrogens is 295 g/mol. The molecule has 0 bridgehead atoms. The van der Waals surface area contributed by atoms with Gasteiger partial charge < -0.3 is 10.6 Å². The molecule has 3 nitrogen and oxygen atoms in total. The fourth-order valence-corrected chi connectivity index (χ4v) is 3.42. The molecule has 1 saturated heterocycles. The van der Waals surface area contributed by atoms with E-state index >= 15 is 0 Å². The number of hydrogen-bond acceptors (Lipinski definition) is 2. The van der Waals surface area contributed by atoms with Gasteiger partial charge in [0.1, 0.15) is 0 Å². The van der Waals surface area contributed by atoms with Gasteiger partial charge in [0, 0.05) is 25.0 Å². The number of benzene rings is 1. The number of amides is 1. The third-order valence-electron chi connectivity index (χ3n) is 4.34. The van der Waals surface area contributed by atoms with Gasteiger partial charge in [0.2, 0.25) is 5.91 Å². The minimum Gasteiger partial charge on any atom is -0.342 e. The molecule has 0 unspecified atom stereocenters. The SMILES string of the molecule is NC1CCN(C(=O)[C@@H]2C[C@@H]2c2cccc(Cl)c2Cl)CC1. The van der Waals surface area contributed by atoms with Crippen LogP contribution in [-0.2, 0) is 4.79 Å². The first-order chi connectivity index (χ1) is 9.58. The van der Waals surface area contributed by atoms with Crippen molar-refractivity contribution >= 4 is 29.1 Å². The standard InChI is InChI=1S/C15H18Cl2N2O/c16-13-3-1-2-10(14(13)17)11-8-12(11)15(20)19-6-4-9(18)5-7-19/h1-3,9,11-12H,4-8,18H2/t11-,12-/m1/s1. The summed E-state index contributed by atoms with van der Waals surface area (Å²) >= 11 is 12.3. The number of hydrogen-bond donors (Lipinski definition) is 1. The van der Waals surface area contributed by atoms with Crippen molar-refractivity contribution in [3.8, 4) is 0 Å². The van der Waals surface area contributed by atoms with Crippen LogP contribution in [0.25, 0.3) is 0 Å². The van der Waals surface area contributed by atoms with Gasteiger partial charge in [-0.25, -0.2) is 0 Å². The topological polar surface area (TPSA) is 46.3 Å². The molecule has 20 heavy (non-hydrogen) atoms. The van der Waals surface area contributed by atoms with E-state index in [4.69, 9.17) is 28.9 Å². The van der Waals surface area contributed by atoms with Crippen molar-refractivity contribution in [1.82, 2.24) is 4.90 Å². The van der Waals surface area contributed by atoms with Crippen LogP contribution < -0.4 is 5.73 Å². The lowest BCUT2D eigenvalue weighted by Crippen LogP contribution is -2.43. The summed E-state index contributed by atoms with van der Waals surface area (Å²) in [5, 5.41) is 1.15. The zero-order chi connectivity index (χ0) is 14.3. The van der Waals surface area contributed by atoms with E-state index in [2.05, 4.69) is 0 Å². The maximum atomic E-state index is 12.5. The van der Waals surface area contributed by atoms with Crippen molar-refractivity contribution in [1.29, 1.82) is 0 Å². The van der Waals surface area contributed by atoms with E-state index in [-0.39, 0.29) is 23.8 Å². The minimum atomic E-state index is 0.0697. The summed E-state index contributed by atoms with van der Waals surface area (Å²) in [6.45, 7) is 1.57. The van der Waals surface area contributed by atoms with E-state index in [0.717, 1.165) is 37.9 Å². The second-order valence-corrected chi connectivity index (χ2v) is 6.54. The van der Waals surface area contributed by atoms with Gasteiger partial charge in [-0.05, 0) is 36.8 Å². The number of likely N-dealkylation sites (tertiary alicyclic amines) is 1. The van der Waals surface area contributed by atoms with Crippen LogP contribution in [-0.4, -0.2) is 29.9 Å². The van der Waals surface area contributed by atoms with Gasteiger partial charge in [0.25, 0.3) is 0 Å². The van der Waals surface area contributed by atoms with E-state index < -0.39 is 0 Å². The van der Waals surface area contributed by atoms with E-state index in [9.17, 15) is 4.79 Å². The lowest BCUT2D eigenvalue weighted by molar-refractivity contribution is -0.133. The predicted molar refractivity (Wildman–Crippen MR) is 81.1 cm³/mol. The highest BCUT2D eigenvalue weighted by molar-refractivity contribution is 6.42. The van der Waals surface area contributed by atoms with Gasteiger partial charge in [-0.1, -0.05) is 35.3 Å². The van der Waals surface area contributed by atoms with Gasteiger partial charge in [0.05, 0.1) is 10.0 Å². The Morgan fingerprint density at radius 2 is 1.95 bits per heavy atom. The van der Waals surface area contributed by atoms with Crippen LogP contribution in [0.2, 0.25) is 10.0 Å². The summed E-state index contributed by atoms with van der Waals surface area (Å²) < 4.78 is 0. The molecule has 1 aromatic carbocycles. The third kappa shape index (κ3) is 2.67. The molecule has 3 rings (SSSR count). The molecule has 1 amide bonds. The molecule has 2 N–H and O–H groups in total. The van der Waals surface area contributed by atoms with Crippen molar-refractivity contribution in [2.75, 3.05) is 13.1 Å². The number of nitrogens with two attached hydrogens (primary N) is 1. The highest BCUT2D eigenvalue weighted by Gasteiger charge is 2.47. The summed E-state index contributed by atoms with van der Waals surface area (Å²) in [5.41, 5.74) is 6.88. The molecule has 2 aliphatic rings. The average molecular weight is 313 g/mol. The van der Waals surface area contributed by atoms with Crippen LogP contribution in [0.4, 0.5) is 0 Å². The van der Waals surface area contributed by atoms with Crippen molar-refractivity contribution in [2.45, 2.75) is 31.2 Å². The Morgan fingerprint density at radius 1 is 1.25 bits per heavy atom. The molecule has 0 aromatic heterocycles. The Labute approximate surface area is 129 Å². The lowest BCUT2D eigenvalue weighted by atomic mass is 10.0. The largest absolute Gasteiger partial charge is 0.342 e. The molecule has 1 aromatic rings. The number of nitrogens with zero attached hydrogens (tertiary/aromatic N) is 1. The van der Waals surface area contributed by atoms with Gasteiger partial charge in [-0.2, -0.15) is 0 Å². The average Bonchev–Trinajstić information content (AvgIpc) is 3.22. The maximum Gasteiger partial charge on any atom is 0.226 e. The summed E-state index contributed by atoms with van der Waals surface area (Å²) in [7, 11) is 0. The fraction of sp³-hybridized carbons (Fsp3) is 0.533. The predicted octanol–water partition coefficient (Wildman–Crippen LogP) is 3.05. The highest BCUT2D eigenvalue weighted by Crippen LogP contribution is 2.51. The Bertz CT molecular complexity index is 527. The first-order valence-corrected chi connectivity index (χ1v) is 7.82. The third-order valence-corrected chi connectivity index (χ3v) is 5.17. The normalized spacial score (nSPS) is 26.6. The molecule has 2 fully saturated rings. The van der Waals surface area contributed by atoms with Crippen LogP contribution in [0.15, 0.2) is 18.2 Å². The molecule has 5 heteroatoms. The molecule has 1 aliphatic heterocycles. The Morgan fingerprint density at radius 3 is 2.65 bits per heavy atom. The van der Waals surface area contributed by atoms with Gasteiger partial charge >= 0.3 is 0 Å². The minimum absolute atomic E-state index is 0.0697. The molecule has 108 valence electrons. The molecule has 1 heterocycles. The van der Waals surface area contributed by atoms with Crippen molar-refractivity contribution in [3.05, 3.63) is 33.8 Å². The quantitative estimate of drug-likeness (QED) is 0.912. The summed E-state index contributed by atoms with van der Waals surface area (Å²) in [6, 6.07) is 5.89. The van der Waals surface area contributed by atoms with E-state index in [1.807, 2.05) is 17.0 Å². The number of halogens is 2. The highest BCUT2D eigenvalue weighted by atomic mass is 35.5. The number of carbonyl (C=O) groups is 1. The Balaban J connectivity index is 1.67. The van der Waals surface area contributed by atoms with Crippen molar-refractivity contribution in [3.63, 3.8) is 0 Å². The molecule has 0 spiro atoms. The van der Waals surface area contributed by atoms with Gasteiger partial charge in [-0.3, -0.25) is 4.79 Å². The summed E-state index contributed by atoms with van der Waals surface area (Å²) in [4.78, 5) is 14.4. The summed E-state index contributed by atoms with van der Waals surface area (Å²) in [5.74, 6) is 0.544. The first kappa shape index (κ1) is 14.2. The van der Waals surface area contributed by atoms with Crippen LogP contribution in [0.5, 0.6) is 0 Å². The van der Waals surface area contributed by atoms with Crippen LogP contribution in [0.1, 0.15) is 30.7 Å². The van der Waals surface area contributed by atoms with Crippen LogP contribution >= 0.6 is 23.2 Å². The Hall–Kier alpha value is -0.770. The summed E-state index contributed by atoms with van der Waals surface area (Å²) in [6.07, 6.45) is 2.68. The van der Waals surface area contributed by atoms with E-state index in [1.54, 1.807) is 6.07 Å². The molecule has 2 atom stereocenters. The second kappa shape index (κ2) is 5.55. The van der Waals surface area contributed by atoms with Crippen LogP contribution in [0.3, 0.4) is 0 Å². The monoisotopic (exact) mass is 312 g/mol. The first-order valence-electron chi connectivity index (χ1n) is 7.06. The van der Waals surface area contributed by atoms with Crippen LogP contribution in [0, 0.1) is 5.92 Å². The van der Waals surface area contributed by atoms with E-state index in [1.165, 1.54) is 0 Å². The lowest BCUT2D eigenvalue weighted by Gasteiger charge is -2.30. The molecule has 1 saturated carbocycles. The Kier molecular flexibility index (Phi) is 3.93. The molecular formula is C15H18Cl2N2O. The zero-order valence-corrected chi connectivity index (χ0v) is 12.7. The smallest absolute Gasteiger partial charge is 0.226 e. The number of rotatable bonds is 2. The fourth-order valence-electron chi connectivity index (χ4n) is 2.97. The van der Waals surface area contributed by atoms with Gasteiger partial charge in [0.15, 0.2) is 0 Å². The molecule has 0 radical (unpaired) electrons. The van der Waals surface area contributed by atoms with Gasteiger partial charge in [-0.15, -0.1) is 0 Å². The second-order valence-electron chi connectivity index (χ2n) is 5.75. The zero-order valence-electron chi connectivity index (χ0n) is 11.2. The van der Waals surface area contributed by atoms with Crippen molar-refractivity contribution < 1.29 is 4.79 Å². The molecule has 1 aliphatic carbocycles. The van der Waals surface area contributed by atoms with E-state index in [0.29, 0.717) is 10.0 Å². The number of piperidine rings is 1.